The van der Waals surface area contributed by atoms with E-state index in [-0.39, 0.29) is 11.6 Å². The molecule has 0 spiro atoms. The minimum atomic E-state index is -3.75. The average molecular weight is 435 g/mol. The van der Waals surface area contributed by atoms with Crippen molar-refractivity contribution in [2.75, 3.05) is 18.2 Å². The summed E-state index contributed by atoms with van der Waals surface area (Å²) in [6.45, 7) is 1.63. The van der Waals surface area contributed by atoms with Crippen LogP contribution in [0.25, 0.3) is 11.5 Å². The molecule has 7 nitrogen and oxygen atoms in total. The van der Waals surface area contributed by atoms with Gasteiger partial charge in [0, 0.05) is 16.3 Å². The zero-order valence-electron chi connectivity index (χ0n) is 15.8. The van der Waals surface area contributed by atoms with Crippen LogP contribution in [-0.2, 0) is 20.4 Å². The highest BCUT2D eigenvalue weighted by Crippen LogP contribution is 2.26. The third-order valence-electron chi connectivity index (χ3n) is 4.04. The zero-order valence-corrected chi connectivity index (χ0v) is 17.4. The molecule has 0 aliphatic rings. The van der Waals surface area contributed by atoms with Crippen molar-refractivity contribution in [2.24, 2.45) is 0 Å². The van der Waals surface area contributed by atoms with Crippen molar-refractivity contribution in [3.63, 3.8) is 0 Å². The third-order valence-corrected chi connectivity index (χ3v) is 5.71. The molecule has 9 heteroatoms. The summed E-state index contributed by atoms with van der Waals surface area (Å²) in [6.07, 6.45) is 0. The van der Waals surface area contributed by atoms with Crippen LogP contribution < -0.4 is 10.1 Å². The predicted molar refractivity (Wildman–Crippen MR) is 111 cm³/mol. The second kappa shape index (κ2) is 8.67. The highest BCUT2D eigenvalue weighted by atomic mass is 35.5. The van der Waals surface area contributed by atoms with E-state index in [1.54, 1.807) is 62.6 Å². The van der Waals surface area contributed by atoms with E-state index in [0.29, 0.717) is 27.8 Å². The van der Waals surface area contributed by atoms with Gasteiger partial charge in [-0.15, -0.1) is 0 Å². The van der Waals surface area contributed by atoms with Crippen LogP contribution in [0.4, 0.5) is 5.69 Å². The Labute approximate surface area is 173 Å². The number of hydrogen-bond donors (Lipinski definition) is 1. The minimum absolute atomic E-state index is 0.266. The van der Waals surface area contributed by atoms with Crippen LogP contribution in [0.2, 0.25) is 5.02 Å². The smallest absolute Gasteiger partial charge is 0.239 e. The molecule has 1 N–H and O–H groups in total. The van der Waals surface area contributed by atoms with E-state index in [2.05, 4.69) is 10.3 Å². The molecule has 1 amide bonds. The summed E-state index contributed by atoms with van der Waals surface area (Å²) in [5.74, 6) is -0.411. The van der Waals surface area contributed by atoms with Gasteiger partial charge in [-0.2, -0.15) is 0 Å². The Morgan fingerprint density at radius 3 is 2.62 bits per heavy atom. The van der Waals surface area contributed by atoms with Gasteiger partial charge in [-0.05, 0) is 49.4 Å². The van der Waals surface area contributed by atoms with E-state index in [9.17, 15) is 13.2 Å². The summed E-state index contributed by atoms with van der Waals surface area (Å²) in [7, 11) is -2.20. The number of anilines is 1. The number of carbonyl (C=O) groups excluding carboxylic acids is 1. The molecule has 0 aliphatic heterocycles. The lowest BCUT2D eigenvalue weighted by atomic mass is 10.2. The molecule has 3 rings (SSSR count). The van der Waals surface area contributed by atoms with E-state index in [1.165, 1.54) is 0 Å². The number of nitrogens with zero attached hydrogens (tertiary/aromatic N) is 1. The first kappa shape index (κ1) is 20.9. The Kier molecular flexibility index (Phi) is 6.24. The monoisotopic (exact) mass is 434 g/mol. The Balaban J connectivity index is 1.70. The highest BCUT2D eigenvalue weighted by molar-refractivity contribution is 7.91. The molecule has 0 radical (unpaired) electrons. The maximum Gasteiger partial charge on any atom is 0.239 e. The Hall–Kier alpha value is -2.84. The predicted octanol–water partition coefficient (Wildman–Crippen LogP) is 3.87. The van der Waals surface area contributed by atoms with Gasteiger partial charge in [0.25, 0.3) is 0 Å². The number of rotatable bonds is 7. The molecule has 0 aliphatic carbocycles. The fourth-order valence-corrected chi connectivity index (χ4v) is 4.02. The summed E-state index contributed by atoms with van der Waals surface area (Å²) in [4.78, 5) is 16.4. The molecule has 152 valence electrons. The van der Waals surface area contributed by atoms with Crippen molar-refractivity contribution in [1.82, 2.24) is 4.98 Å². The van der Waals surface area contributed by atoms with Crippen molar-refractivity contribution in [3.8, 4) is 17.2 Å². The number of methoxy groups -OCH3 is 1. The molecular weight excluding hydrogens is 416 g/mol. The molecule has 2 aromatic carbocycles. The molecule has 0 saturated heterocycles. The van der Waals surface area contributed by atoms with E-state index < -0.39 is 27.3 Å². The van der Waals surface area contributed by atoms with Crippen molar-refractivity contribution in [2.45, 2.75) is 12.7 Å². The number of aryl methyl sites for hydroxylation is 1. The summed E-state index contributed by atoms with van der Waals surface area (Å²) in [6, 6.07) is 13.5. The van der Waals surface area contributed by atoms with Crippen LogP contribution in [0.1, 0.15) is 11.5 Å². The molecule has 3 aromatic rings. The number of ether oxygens (including phenoxy) is 1. The van der Waals surface area contributed by atoms with Crippen molar-refractivity contribution >= 4 is 33.0 Å². The maximum atomic E-state index is 12.5. The van der Waals surface area contributed by atoms with Gasteiger partial charge in [0.2, 0.25) is 11.8 Å². The number of amides is 1. The normalized spacial score (nSPS) is 11.3. The molecule has 0 atom stereocenters. The van der Waals surface area contributed by atoms with Gasteiger partial charge in [0.1, 0.15) is 17.3 Å². The molecule has 1 heterocycles. The molecular formula is C20H19ClN2O5S. The van der Waals surface area contributed by atoms with Crippen LogP contribution in [0.15, 0.2) is 52.9 Å². The number of halogens is 1. The highest BCUT2D eigenvalue weighted by Gasteiger charge is 2.22. The van der Waals surface area contributed by atoms with Crippen molar-refractivity contribution in [1.29, 1.82) is 0 Å². The Bertz CT molecular complexity index is 1120. The fraction of sp³-hybridized carbons (Fsp3) is 0.200. The number of sulfone groups is 1. The standard InChI is InChI=1S/C20H19ClN2O5S/c1-13-18(23-20(28-13)14-4-3-5-17(10-14)27-2)11-29(25,26)12-19(24)22-16-8-6-15(21)7-9-16/h3-10H,11-12H2,1-2H3,(H,22,24). The molecule has 0 saturated carbocycles. The van der Waals surface area contributed by atoms with Gasteiger partial charge >= 0.3 is 0 Å². The summed E-state index contributed by atoms with van der Waals surface area (Å²) in [5.41, 5.74) is 1.39. The first-order chi connectivity index (χ1) is 13.8. The second-order valence-electron chi connectivity index (χ2n) is 6.34. The summed E-state index contributed by atoms with van der Waals surface area (Å²) >= 11 is 5.79. The molecule has 0 fully saturated rings. The van der Waals surface area contributed by atoms with E-state index in [0.717, 1.165) is 0 Å². The number of benzene rings is 2. The van der Waals surface area contributed by atoms with Crippen LogP contribution in [0.3, 0.4) is 0 Å². The summed E-state index contributed by atoms with van der Waals surface area (Å²) < 4.78 is 35.7. The van der Waals surface area contributed by atoms with Crippen molar-refractivity contribution in [3.05, 3.63) is 65.0 Å². The van der Waals surface area contributed by atoms with E-state index >= 15 is 0 Å². The Morgan fingerprint density at radius 2 is 1.93 bits per heavy atom. The van der Waals surface area contributed by atoms with E-state index in [4.69, 9.17) is 20.8 Å². The zero-order chi connectivity index (χ0) is 21.0. The maximum absolute atomic E-state index is 12.5. The minimum Gasteiger partial charge on any atom is -0.497 e. The lowest BCUT2D eigenvalue weighted by molar-refractivity contribution is -0.113. The van der Waals surface area contributed by atoms with Crippen LogP contribution in [-0.4, -0.2) is 32.2 Å². The lowest BCUT2D eigenvalue weighted by Crippen LogP contribution is -2.24. The SMILES string of the molecule is COc1cccc(-c2nc(CS(=O)(=O)CC(=O)Nc3ccc(Cl)cc3)c(C)o2)c1. The van der Waals surface area contributed by atoms with Crippen LogP contribution in [0, 0.1) is 6.92 Å². The molecule has 0 bridgehead atoms. The van der Waals surface area contributed by atoms with Gasteiger partial charge in [-0.1, -0.05) is 17.7 Å². The van der Waals surface area contributed by atoms with Gasteiger partial charge in [0.15, 0.2) is 9.84 Å². The first-order valence-corrected chi connectivity index (χ1v) is 10.8. The molecule has 29 heavy (non-hydrogen) atoms. The van der Waals surface area contributed by atoms with E-state index in [1.807, 2.05) is 0 Å². The fourth-order valence-electron chi connectivity index (χ4n) is 2.63. The number of carbonyl (C=O) groups is 1. The van der Waals surface area contributed by atoms with Gasteiger partial charge in [-0.3, -0.25) is 4.79 Å². The number of oxazole rings is 1. The van der Waals surface area contributed by atoms with Crippen molar-refractivity contribution < 1.29 is 22.4 Å². The largest absolute Gasteiger partial charge is 0.497 e. The molecule has 1 aromatic heterocycles. The Morgan fingerprint density at radius 1 is 1.21 bits per heavy atom. The second-order valence-corrected chi connectivity index (χ2v) is 8.84. The lowest BCUT2D eigenvalue weighted by Gasteiger charge is -2.06. The molecule has 0 unspecified atom stereocenters. The number of nitrogens with one attached hydrogen (secondary N) is 1. The van der Waals surface area contributed by atoms with Crippen LogP contribution in [0.5, 0.6) is 5.75 Å². The number of aromatic nitrogens is 1. The topological polar surface area (TPSA) is 98.5 Å². The third kappa shape index (κ3) is 5.58. The summed E-state index contributed by atoms with van der Waals surface area (Å²) in [5, 5.41) is 3.05. The first-order valence-electron chi connectivity index (χ1n) is 8.62. The quantitative estimate of drug-likeness (QED) is 0.606. The average Bonchev–Trinajstić information content (AvgIpc) is 3.03. The number of hydrogen-bond acceptors (Lipinski definition) is 6. The van der Waals surface area contributed by atoms with Crippen LogP contribution >= 0.6 is 11.6 Å². The van der Waals surface area contributed by atoms with Gasteiger partial charge < -0.3 is 14.5 Å². The van der Waals surface area contributed by atoms with Gasteiger partial charge in [0.05, 0.1) is 18.6 Å². The van der Waals surface area contributed by atoms with Gasteiger partial charge in [-0.25, -0.2) is 13.4 Å².